The van der Waals surface area contributed by atoms with Crippen LogP contribution in [0.25, 0.3) is 11.3 Å². The summed E-state index contributed by atoms with van der Waals surface area (Å²) in [6, 6.07) is 8.05. The third-order valence-electron chi connectivity index (χ3n) is 3.62. The largest absolute Gasteiger partial charge is 0.379 e. The van der Waals surface area contributed by atoms with Crippen LogP contribution in [0.1, 0.15) is 11.1 Å². The first-order chi connectivity index (χ1) is 9.74. The van der Waals surface area contributed by atoms with Gasteiger partial charge in [0.2, 0.25) is 0 Å². The second-order valence-corrected chi connectivity index (χ2v) is 5.10. The maximum Gasteiger partial charge on any atom is 0.362 e. The Morgan fingerprint density at radius 2 is 1.90 bits per heavy atom. The molecule has 5 nitrogen and oxygen atoms in total. The molecule has 1 aromatic carbocycles. The molecule has 0 bridgehead atoms. The summed E-state index contributed by atoms with van der Waals surface area (Å²) in [5.74, 6) is 0. The Morgan fingerprint density at radius 3 is 2.60 bits per heavy atom. The average Bonchev–Trinajstić information content (AvgIpc) is 2.83. The summed E-state index contributed by atoms with van der Waals surface area (Å²) in [6.07, 6.45) is 0. The molecular weight excluding hydrogens is 256 g/mol. The highest BCUT2D eigenvalue weighted by atomic mass is 16.5. The van der Waals surface area contributed by atoms with Gasteiger partial charge in [0, 0.05) is 25.2 Å². The molecule has 2 aromatic rings. The first kappa shape index (κ1) is 13.1. The summed E-state index contributed by atoms with van der Waals surface area (Å²) in [5.41, 5.74) is 3.35. The van der Waals surface area contributed by atoms with Gasteiger partial charge in [0.1, 0.15) is 0 Å². The Kier molecular flexibility index (Phi) is 3.71. The molecule has 0 aliphatic carbocycles. The lowest BCUT2D eigenvalue weighted by molar-refractivity contribution is 0.0340. The van der Waals surface area contributed by atoms with Crippen molar-refractivity contribution in [2.24, 2.45) is 0 Å². The minimum absolute atomic E-state index is 0.285. The molecule has 0 unspecified atom stereocenters. The molecule has 0 saturated carbocycles. The summed E-state index contributed by atoms with van der Waals surface area (Å²) in [5, 5.41) is 2.75. The molecule has 1 aromatic heterocycles. The molecule has 0 amide bonds. The SMILES string of the molecule is Cc1ccc(-c2[nH]oc(=O)c2CN2CCOCC2)cc1. The fourth-order valence-electron chi connectivity index (χ4n) is 2.40. The average molecular weight is 274 g/mol. The van der Waals surface area contributed by atoms with Gasteiger partial charge in [-0.05, 0) is 6.92 Å². The molecular formula is C15H18N2O3. The molecule has 0 spiro atoms. The van der Waals surface area contributed by atoms with E-state index in [0.29, 0.717) is 12.1 Å². The zero-order valence-corrected chi connectivity index (χ0v) is 11.5. The van der Waals surface area contributed by atoms with Crippen LogP contribution in [0.15, 0.2) is 33.6 Å². The number of hydrogen-bond donors (Lipinski definition) is 1. The van der Waals surface area contributed by atoms with Gasteiger partial charge in [0.15, 0.2) is 0 Å². The van der Waals surface area contributed by atoms with Gasteiger partial charge in [0.05, 0.1) is 24.5 Å². The van der Waals surface area contributed by atoms with Crippen molar-refractivity contribution in [1.29, 1.82) is 0 Å². The lowest BCUT2D eigenvalue weighted by atomic mass is 10.1. The van der Waals surface area contributed by atoms with Crippen molar-refractivity contribution in [1.82, 2.24) is 10.1 Å². The van der Waals surface area contributed by atoms with E-state index in [4.69, 9.17) is 9.26 Å². The van der Waals surface area contributed by atoms with Crippen LogP contribution in [0.5, 0.6) is 0 Å². The zero-order valence-electron chi connectivity index (χ0n) is 11.5. The molecule has 2 heterocycles. The van der Waals surface area contributed by atoms with Gasteiger partial charge < -0.3 is 9.26 Å². The topological polar surface area (TPSA) is 58.5 Å². The monoisotopic (exact) mass is 274 g/mol. The van der Waals surface area contributed by atoms with Crippen molar-refractivity contribution >= 4 is 0 Å². The van der Waals surface area contributed by atoms with Crippen molar-refractivity contribution in [3.8, 4) is 11.3 Å². The van der Waals surface area contributed by atoms with Crippen LogP contribution in [0.4, 0.5) is 0 Å². The molecule has 5 heteroatoms. The van der Waals surface area contributed by atoms with Crippen LogP contribution in [-0.4, -0.2) is 36.4 Å². The van der Waals surface area contributed by atoms with Gasteiger partial charge in [-0.1, -0.05) is 29.8 Å². The Balaban J connectivity index is 1.88. The number of H-pyrrole nitrogens is 1. The van der Waals surface area contributed by atoms with Gasteiger partial charge in [-0.3, -0.25) is 4.90 Å². The number of benzene rings is 1. The number of rotatable bonds is 3. The molecule has 3 rings (SSSR count). The van der Waals surface area contributed by atoms with E-state index in [1.807, 2.05) is 31.2 Å². The summed E-state index contributed by atoms with van der Waals surface area (Å²) in [4.78, 5) is 14.1. The second-order valence-electron chi connectivity index (χ2n) is 5.10. The predicted molar refractivity (Wildman–Crippen MR) is 75.6 cm³/mol. The molecule has 1 fully saturated rings. The number of nitrogens with one attached hydrogen (secondary N) is 1. The Labute approximate surface area is 117 Å². The van der Waals surface area contributed by atoms with E-state index < -0.39 is 0 Å². The minimum Gasteiger partial charge on any atom is -0.379 e. The first-order valence-corrected chi connectivity index (χ1v) is 6.81. The summed E-state index contributed by atoms with van der Waals surface area (Å²) >= 11 is 0. The number of nitrogens with zero attached hydrogens (tertiary/aromatic N) is 1. The van der Waals surface area contributed by atoms with Crippen LogP contribution < -0.4 is 5.63 Å². The predicted octanol–water partition coefficient (Wildman–Crippen LogP) is 1.78. The maximum atomic E-state index is 11.9. The van der Waals surface area contributed by atoms with Crippen LogP contribution >= 0.6 is 0 Å². The van der Waals surface area contributed by atoms with E-state index >= 15 is 0 Å². The normalized spacial score (nSPS) is 16.4. The molecule has 0 atom stereocenters. The van der Waals surface area contributed by atoms with Crippen molar-refractivity contribution in [3.63, 3.8) is 0 Å². The van der Waals surface area contributed by atoms with Gasteiger partial charge in [-0.2, -0.15) is 0 Å². The number of aromatic amines is 1. The van der Waals surface area contributed by atoms with Crippen LogP contribution in [0.2, 0.25) is 0 Å². The highest BCUT2D eigenvalue weighted by Gasteiger charge is 2.19. The van der Waals surface area contributed by atoms with Crippen molar-refractivity contribution in [2.45, 2.75) is 13.5 Å². The number of aryl methyl sites for hydroxylation is 1. The smallest absolute Gasteiger partial charge is 0.362 e. The molecule has 106 valence electrons. The third kappa shape index (κ3) is 2.69. The third-order valence-corrected chi connectivity index (χ3v) is 3.62. The number of hydrogen-bond acceptors (Lipinski definition) is 4. The highest BCUT2D eigenvalue weighted by molar-refractivity contribution is 5.62. The second kappa shape index (κ2) is 5.64. The van der Waals surface area contributed by atoms with Gasteiger partial charge in [-0.15, -0.1) is 0 Å². The van der Waals surface area contributed by atoms with E-state index in [2.05, 4.69) is 10.1 Å². The fourth-order valence-corrected chi connectivity index (χ4v) is 2.40. The zero-order chi connectivity index (χ0) is 13.9. The molecule has 1 aliphatic heterocycles. The van der Waals surface area contributed by atoms with Crippen molar-refractivity contribution in [2.75, 3.05) is 26.3 Å². The van der Waals surface area contributed by atoms with E-state index in [9.17, 15) is 4.79 Å². The van der Waals surface area contributed by atoms with Crippen LogP contribution in [0.3, 0.4) is 0 Å². The lowest BCUT2D eigenvalue weighted by Crippen LogP contribution is -2.36. The Bertz CT molecular complexity index is 621. The van der Waals surface area contributed by atoms with E-state index in [1.165, 1.54) is 5.56 Å². The fraction of sp³-hybridized carbons (Fsp3) is 0.400. The number of ether oxygens (including phenoxy) is 1. The van der Waals surface area contributed by atoms with E-state index in [1.54, 1.807) is 0 Å². The first-order valence-electron chi connectivity index (χ1n) is 6.81. The van der Waals surface area contributed by atoms with Crippen LogP contribution in [0, 0.1) is 6.92 Å². The van der Waals surface area contributed by atoms with E-state index in [-0.39, 0.29) is 5.63 Å². The van der Waals surface area contributed by atoms with Crippen molar-refractivity contribution < 1.29 is 9.26 Å². The summed E-state index contributed by atoms with van der Waals surface area (Å²) in [7, 11) is 0. The molecule has 1 saturated heterocycles. The Hall–Kier alpha value is -1.85. The number of morpholine rings is 1. The lowest BCUT2D eigenvalue weighted by Gasteiger charge is -2.25. The van der Waals surface area contributed by atoms with Crippen LogP contribution in [-0.2, 0) is 11.3 Å². The van der Waals surface area contributed by atoms with Gasteiger partial charge in [0.25, 0.3) is 0 Å². The highest BCUT2D eigenvalue weighted by Crippen LogP contribution is 2.21. The minimum atomic E-state index is -0.285. The summed E-state index contributed by atoms with van der Waals surface area (Å²) in [6.45, 7) is 5.76. The number of aromatic nitrogens is 1. The molecule has 20 heavy (non-hydrogen) atoms. The maximum absolute atomic E-state index is 11.9. The molecule has 1 aliphatic rings. The quantitative estimate of drug-likeness (QED) is 0.927. The Morgan fingerprint density at radius 1 is 1.20 bits per heavy atom. The van der Waals surface area contributed by atoms with Gasteiger partial charge in [-0.25, -0.2) is 9.95 Å². The van der Waals surface area contributed by atoms with E-state index in [0.717, 1.165) is 37.6 Å². The van der Waals surface area contributed by atoms with Crippen molar-refractivity contribution in [3.05, 3.63) is 45.8 Å². The summed E-state index contributed by atoms with van der Waals surface area (Å²) < 4.78 is 10.3. The standard InChI is InChI=1S/C15H18N2O3/c1-11-2-4-12(5-3-11)14-13(15(18)20-16-14)10-17-6-8-19-9-7-17/h2-5,16H,6-10H2,1H3. The molecule has 0 radical (unpaired) electrons. The molecule has 1 N–H and O–H groups in total. The van der Waals surface area contributed by atoms with Gasteiger partial charge >= 0.3 is 5.63 Å².